The highest BCUT2D eigenvalue weighted by Crippen LogP contribution is 2.29. The number of halogens is 5. The summed E-state index contributed by atoms with van der Waals surface area (Å²) in [5, 5.41) is 13.6. The number of aromatic nitrogens is 1. The Bertz CT molecular complexity index is 2150. The maximum absolute atomic E-state index is 15.0. The van der Waals surface area contributed by atoms with Crippen LogP contribution in [-0.2, 0) is 41.2 Å². The molecule has 3 aromatic rings. The number of sulfone groups is 1. The van der Waals surface area contributed by atoms with Gasteiger partial charge in [-0.25, -0.2) is 8.42 Å². The number of alkyl halides is 5. The number of methoxy groups -OCH3 is 1. The fourth-order valence-electron chi connectivity index (χ4n) is 6.14. The molecule has 0 aliphatic carbocycles. The van der Waals surface area contributed by atoms with E-state index in [-0.39, 0.29) is 17.7 Å². The molecule has 1 aliphatic rings. The predicted molar refractivity (Wildman–Crippen MR) is 196 cm³/mol. The molecule has 0 unspecified atom stereocenters. The Balaban J connectivity index is 1.72. The second-order valence-electron chi connectivity index (χ2n) is 13.7. The number of ketones is 1. The lowest BCUT2D eigenvalue weighted by atomic mass is 9.94. The predicted octanol–water partition coefficient (Wildman–Crippen LogP) is 2.91. The van der Waals surface area contributed by atoms with Crippen LogP contribution in [0.15, 0.2) is 72.9 Å². The monoisotopic (exact) mass is 834 g/mol. The molecule has 0 spiro atoms. The van der Waals surface area contributed by atoms with Gasteiger partial charge in [-0.15, -0.1) is 0 Å². The number of Topliss-reactive ketones (excluding diaryl/α,β-unsaturated/α-hetero) is 1. The van der Waals surface area contributed by atoms with Gasteiger partial charge in [-0.3, -0.25) is 29.0 Å². The molecule has 1 fully saturated rings. The SMILES string of the molecule is COc1ccc(CS(=O)(=O)[C@@H]2C[C@@H](C(=O)N[C@H](C(=O)C(F)(F)C(=O)NCC(F)(F)F)C(C)C)N(C(=O)[C@H](Cc3cccc(C#N)c3)NC(=O)c3ccccn3)C2)cc1. The van der Waals surface area contributed by atoms with E-state index < -0.39 is 106 Å². The summed E-state index contributed by atoms with van der Waals surface area (Å²) in [5.41, 5.74) is 0.788. The quantitative estimate of drug-likeness (QED) is 0.142. The highest BCUT2D eigenvalue weighted by atomic mass is 32.2. The van der Waals surface area contributed by atoms with E-state index in [4.69, 9.17) is 4.74 Å². The minimum Gasteiger partial charge on any atom is -0.497 e. The third-order valence-corrected chi connectivity index (χ3v) is 11.3. The lowest BCUT2D eigenvalue weighted by Gasteiger charge is -2.31. The summed E-state index contributed by atoms with van der Waals surface area (Å²) in [5.74, 6) is -14.3. The van der Waals surface area contributed by atoms with E-state index in [0.29, 0.717) is 16.9 Å². The average molecular weight is 835 g/mol. The summed E-state index contributed by atoms with van der Waals surface area (Å²) in [4.78, 5) is 71.9. The molecule has 4 atom stereocenters. The number of likely N-dealkylation sites (tertiary alicyclic amines) is 1. The standard InChI is InChI=1S/C38H39F5N6O8S/c1-22(2)31(32(50)38(42,43)36(54)46-21-37(39,40)41)48-34(52)30-17-27(58(55,56)20-23-10-12-26(57-3)13-11-23)19-49(30)35(53)29(16-24-7-6-8-25(15-24)18-44)47-33(51)28-9-4-5-14-45-28/h4-15,22,27,29-31H,16-17,19-21H2,1-3H3,(H,46,54)(H,47,51)(H,48,52)/t27-,29+,30+,31+/m1/s1. The summed E-state index contributed by atoms with van der Waals surface area (Å²) in [6.07, 6.45) is -4.66. The van der Waals surface area contributed by atoms with Crippen LogP contribution in [0.3, 0.4) is 0 Å². The van der Waals surface area contributed by atoms with Gasteiger partial charge in [0.05, 0.1) is 35.8 Å². The second kappa shape index (κ2) is 18.5. The summed E-state index contributed by atoms with van der Waals surface area (Å²) in [6.45, 7) is -0.409. The summed E-state index contributed by atoms with van der Waals surface area (Å²) < 4.78 is 101. The van der Waals surface area contributed by atoms with E-state index in [0.717, 1.165) is 10.2 Å². The molecule has 2 aromatic carbocycles. The maximum atomic E-state index is 15.0. The number of hydrogen-bond donors (Lipinski definition) is 3. The number of amides is 4. The zero-order valence-electron chi connectivity index (χ0n) is 31.3. The van der Waals surface area contributed by atoms with E-state index >= 15 is 8.78 Å². The van der Waals surface area contributed by atoms with Gasteiger partial charge in [0.15, 0.2) is 9.84 Å². The molecule has 0 saturated carbocycles. The van der Waals surface area contributed by atoms with Crippen molar-refractivity contribution in [2.45, 2.75) is 67.9 Å². The number of benzene rings is 2. The van der Waals surface area contributed by atoms with Crippen molar-refractivity contribution in [1.82, 2.24) is 25.8 Å². The Morgan fingerprint density at radius 1 is 0.966 bits per heavy atom. The number of nitrogens with zero attached hydrogens (tertiary/aromatic N) is 3. The minimum atomic E-state index is -5.09. The van der Waals surface area contributed by atoms with Crippen molar-refractivity contribution in [3.63, 3.8) is 0 Å². The van der Waals surface area contributed by atoms with E-state index in [2.05, 4.69) is 15.6 Å². The van der Waals surface area contributed by atoms with E-state index in [9.17, 15) is 50.8 Å². The largest absolute Gasteiger partial charge is 0.497 e. The third-order valence-electron chi connectivity index (χ3n) is 9.17. The van der Waals surface area contributed by atoms with Crippen molar-refractivity contribution in [3.05, 3.63) is 95.3 Å². The fraction of sp³-hybridized carbons (Fsp3) is 0.395. The van der Waals surface area contributed by atoms with Crippen molar-refractivity contribution in [2.75, 3.05) is 20.2 Å². The molecular formula is C38H39F5N6O8S. The molecule has 58 heavy (non-hydrogen) atoms. The van der Waals surface area contributed by atoms with Crippen LogP contribution in [0.4, 0.5) is 22.0 Å². The highest BCUT2D eigenvalue weighted by Gasteiger charge is 2.53. The summed E-state index contributed by atoms with van der Waals surface area (Å²) >= 11 is 0. The molecule has 0 bridgehead atoms. The second-order valence-corrected chi connectivity index (χ2v) is 16.0. The molecule has 20 heteroatoms. The molecule has 1 aliphatic heterocycles. The van der Waals surface area contributed by atoms with Gasteiger partial charge in [-0.1, -0.05) is 44.2 Å². The van der Waals surface area contributed by atoms with Crippen molar-refractivity contribution in [3.8, 4) is 11.8 Å². The average Bonchev–Trinajstić information content (AvgIpc) is 3.65. The van der Waals surface area contributed by atoms with Crippen LogP contribution in [0.1, 0.15) is 47.4 Å². The molecule has 310 valence electrons. The number of ether oxygens (including phenoxy) is 1. The Morgan fingerprint density at radius 2 is 1.66 bits per heavy atom. The molecule has 14 nitrogen and oxygen atoms in total. The molecule has 0 radical (unpaired) electrons. The number of pyridine rings is 1. The molecule has 1 aromatic heterocycles. The smallest absolute Gasteiger partial charge is 0.405 e. The zero-order valence-corrected chi connectivity index (χ0v) is 32.1. The van der Waals surface area contributed by atoms with Crippen LogP contribution >= 0.6 is 0 Å². The van der Waals surface area contributed by atoms with Crippen LogP contribution in [0, 0.1) is 17.2 Å². The minimum absolute atomic E-state index is 0.111. The maximum Gasteiger partial charge on any atom is 0.405 e. The molecule has 3 N–H and O–H groups in total. The molecular weight excluding hydrogens is 796 g/mol. The van der Waals surface area contributed by atoms with Gasteiger partial charge in [0.1, 0.15) is 30.1 Å². The van der Waals surface area contributed by atoms with Gasteiger partial charge in [0, 0.05) is 19.2 Å². The Labute approximate surface area is 330 Å². The topological polar surface area (TPSA) is 205 Å². The highest BCUT2D eigenvalue weighted by molar-refractivity contribution is 7.91. The first kappa shape index (κ1) is 44.7. The lowest BCUT2D eigenvalue weighted by Crippen LogP contribution is -2.60. The molecule has 4 rings (SSSR count). The van der Waals surface area contributed by atoms with Crippen LogP contribution in [0.2, 0.25) is 0 Å². The van der Waals surface area contributed by atoms with Gasteiger partial charge in [0.25, 0.3) is 11.8 Å². The van der Waals surface area contributed by atoms with Gasteiger partial charge >= 0.3 is 12.1 Å². The number of nitriles is 1. The van der Waals surface area contributed by atoms with Gasteiger partial charge in [-0.2, -0.15) is 27.2 Å². The third kappa shape index (κ3) is 11.3. The number of carbonyl (C=O) groups is 5. The number of hydrogen-bond acceptors (Lipinski definition) is 10. The van der Waals surface area contributed by atoms with Crippen LogP contribution in [-0.4, -0.2) is 103 Å². The van der Waals surface area contributed by atoms with E-state index in [1.54, 1.807) is 6.07 Å². The van der Waals surface area contributed by atoms with Crippen molar-refractivity contribution in [2.24, 2.45) is 5.92 Å². The van der Waals surface area contributed by atoms with Crippen molar-refractivity contribution in [1.29, 1.82) is 5.26 Å². The first-order chi connectivity index (χ1) is 27.2. The van der Waals surface area contributed by atoms with Crippen LogP contribution in [0.25, 0.3) is 0 Å². The van der Waals surface area contributed by atoms with E-state index in [1.807, 2.05) is 6.07 Å². The number of rotatable bonds is 16. The van der Waals surface area contributed by atoms with Crippen molar-refractivity contribution >= 4 is 39.2 Å². The lowest BCUT2D eigenvalue weighted by molar-refractivity contribution is -0.165. The van der Waals surface area contributed by atoms with Crippen LogP contribution in [0.5, 0.6) is 5.75 Å². The fourth-order valence-corrected chi connectivity index (χ4v) is 7.89. The Kier molecular flexibility index (Phi) is 14.3. The first-order valence-electron chi connectivity index (χ1n) is 17.6. The van der Waals surface area contributed by atoms with Gasteiger partial charge in [-0.05, 0) is 59.9 Å². The van der Waals surface area contributed by atoms with Crippen LogP contribution < -0.4 is 20.7 Å². The summed E-state index contributed by atoms with van der Waals surface area (Å²) in [7, 11) is -2.81. The van der Waals surface area contributed by atoms with E-state index in [1.165, 1.54) is 87.8 Å². The van der Waals surface area contributed by atoms with Gasteiger partial charge in [0.2, 0.25) is 17.6 Å². The Morgan fingerprint density at radius 3 is 2.24 bits per heavy atom. The number of nitrogens with one attached hydrogen (secondary N) is 3. The summed E-state index contributed by atoms with van der Waals surface area (Å²) in [6, 6.07) is 12.8. The number of carbonyl (C=O) groups excluding carboxylic acids is 5. The molecule has 4 amide bonds. The normalized spacial score (nSPS) is 16.8. The Hall–Kier alpha value is -5.97. The molecule has 1 saturated heterocycles. The van der Waals surface area contributed by atoms with Crippen molar-refractivity contribution < 1.29 is 59.1 Å². The first-order valence-corrected chi connectivity index (χ1v) is 19.3. The zero-order chi connectivity index (χ0) is 43.0. The molecule has 2 heterocycles. The van der Waals surface area contributed by atoms with Gasteiger partial charge < -0.3 is 25.6 Å².